The number of carbonyl (C=O) groups is 4. The Morgan fingerprint density at radius 2 is 1.15 bits per heavy atom. The van der Waals surface area contributed by atoms with Crippen molar-refractivity contribution < 1.29 is 38.1 Å². The van der Waals surface area contributed by atoms with Gasteiger partial charge in [0.2, 0.25) is 11.8 Å². The van der Waals surface area contributed by atoms with E-state index in [4.69, 9.17) is 40.5 Å². The number of nitrogens with one attached hydrogen (secondary N) is 4. The van der Waals surface area contributed by atoms with Crippen molar-refractivity contribution in [1.82, 2.24) is 40.4 Å². The minimum atomic E-state index is -0.715. The third-order valence-corrected chi connectivity index (χ3v) is 15.2. The molecule has 0 spiro atoms. The van der Waals surface area contributed by atoms with Crippen LogP contribution < -0.4 is 10.6 Å². The molecule has 3 aromatic carbocycles. The molecule has 4 amide bonds. The number of piperidine rings is 2. The van der Waals surface area contributed by atoms with Crippen molar-refractivity contribution in [1.29, 1.82) is 0 Å². The fourth-order valence-electron chi connectivity index (χ4n) is 11.2. The van der Waals surface area contributed by atoms with Gasteiger partial charge < -0.3 is 49.3 Å². The van der Waals surface area contributed by atoms with E-state index >= 15 is 0 Å². The zero-order valence-electron chi connectivity index (χ0n) is 36.4. The van der Waals surface area contributed by atoms with Gasteiger partial charge in [-0.1, -0.05) is 41.9 Å². The van der Waals surface area contributed by atoms with Gasteiger partial charge in [-0.2, -0.15) is 0 Å². The SMILES string of the molecule is COC(=O)N[C@H](C(=O)N1[C@@H]2C[C@@H]2C[C@H]1c1nc(-c2ccc3cc(-c4ccc5nc([C@@H]6C[C@H]7C[C@H]7N6C(=O)[C@@H](NC(=O)OC)C6CCOCC6)[nH]c5c4)ccc3c2)c(Cl)[nH]1)C1CCOCC1. The average Bonchev–Trinajstić information content (AvgIpc) is 4.02. The number of aromatic amines is 2. The molecule has 2 aromatic heterocycles. The van der Waals surface area contributed by atoms with Crippen LogP contribution in [-0.2, 0) is 28.5 Å². The maximum absolute atomic E-state index is 14.3. The van der Waals surface area contributed by atoms with E-state index in [0.717, 1.165) is 70.0 Å². The minimum absolute atomic E-state index is 0.0330. The van der Waals surface area contributed by atoms with Crippen LogP contribution in [0.1, 0.15) is 75.1 Å². The molecule has 16 nitrogen and oxygen atoms in total. The van der Waals surface area contributed by atoms with Crippen molar-refractivity contribution in [3.63, 3.8) is 0 Å². The lowest BCUT2D eigenvalue weighted by atomic mass is 9.90. The van der Waals surface area contributed by atoms with Gasteiger partial charge in [-0.05, 0) is 121 Å². The number of hydrogen-bond acceptors (Lipinski definition) is 10. The summed E-state index contributed by atoms with van der Waals surface area (Å²) in [4.78, 5) is 74.3. The molecule has 65 heavy (non-hydrogen) atoms. The highest BCUT2D eigenvalue weighted by Gasteiger charge is 2.58. The second-order valence-electron chi connectivity index (χ2n) is 18.7. The van der Waals surface area contributed by atoms with Crippen LogP contribution >= 0.6 is 11.6 Å². The minimum Gasteiger partial charge on any atom is -0.453 e. The number of H-pyrrole nitrogens is 2. The molecule has 8 atom stereocenters. The third-order valence-electron chi connectivity index (χ3n) is 14.9. The van der Waals surface area contributed by atoms with Gasteiger partial charge in [-0.25, -0.2) is 19.6 Å². The van der Waals surface area contributed by atoms with E-state index in [9.17, 15) is 19.2 Å². The summed E-state index contributed by atoms with van der Waals surface area (Å²) in [7, 11) is 2.63. The number of ether oxygens (including phenoxy) is 4. The highest BCUT2D eigenvalue weighted by atomic mass is 35.5. The van der Waals surface area contributed by atoms with Gasteiger partial charge in [0, 0.05) is 44.1 Å². The van der Waals surface area contributed by atoms with Crippen LogP contribution in [0.2, 0.25) is 5.15 Å². The largest absolute Gasteiger partial charge is 0.453 e. The lowest BCUT2D eigenvalue weighted by molar-refractivity contribution is -0.138. The highest BCUT2D eigenvalue weighted by molar-refractivity contribution is 6.32. The first kappa shape index (κ1) is 42.0. The molecular formula is C48H53ClN8O8. The molecule has 4 aliphatic heterocycles. The van der Waals surface area contributed by atoms with Gasteiger partial charge in [0.05, 0.1) is 37.3 Å². The van der Waals surface area contributed by atoms with Crippen LogP contribution in [0.3, 0.4) is 0 Å². The van der Waals surface area contributed by atoms with Gasteiger partial charge in [0.1, 0.15) is 34.6 Å². The zero-order chi connectivity index (χ0) is 44.5. The fraction of sp³-hybridized carbons (Fsp3) is 0.500. The summed E-state index contributed by atoms with van der Waals surface area (Å²) >= 11 is 6.89. The highest BCUT2D eigenvalue weighted by Crippen LogP contribution is 2.55. The van der Waals surface area contributed by atoms with Crippen molar-refractivity contribution >= 4 is 57.4 Å². The van der Waals surface area contributed by atoms with Crippen molar-refractivity contribution in [2.75, 3.05) is 40.6 Å². The first-order valence-corrected chi connectivity index (χ1v) is 23.3. The molecule has 4 N–H and O–H groups in total. The van der Waals surface area contributed by atoms with Crippen LogP contribution in [0.5, 0.6) is 0 Å². The summed E-state index contributed by atoms with van der Waals surface area (Å²) in [6.07, 6.45) is 5.01. The number of nitrogens with zero attached hydrogens (tertiary/aromatic N) is 4. The third kappa shape index (κ3) is 7.86. The number of hydrogen-bond donors (Lipinski definition) is 4. The first-order valence-electron chi connectivity index (χ1n) is 22.9. The van der Waals surface area contributed by atoms with Gasteiger partial charge in [-0.3, -0.25) is 9.59 Å². The second-order valence-corrected chi connectivity index (χ2v) is 19.0. The van der Waals surface area contributed by atoms with Crippen LogP contribution in [0.4, 0.5) is 9.59 Å². The molecular weight excluding hydrogens is 852 g/mol. The number of amides is 4. The Labute approximate surface area is 380 Å². The summed E-state index contributed by atoms with van der Waals surface area (Å²) in [6, 6.07) is 17.1. The Morgan fingerprint density at radius 3 is 1.71 bits per heavy atom. The van der Waals surface area contributed by atoms with Crippen LogP contribution in [-0.4, -0.2) is 119 Å². The maximum Gasteiger partial charge on any atom is 0.407 e. The van der Waals surface area contributed by atoms with Crippen molar-refractivity contribution in [2.24, 2.45) is 23.7 Å². The fourth-order valence-corrected chi connectivity index (χ4v) is 11.5. The van der Waals surface area contributed by atoms with E-state index in [-0.39, 0.29) is 47.8 Å². The van der Waals surface area contributed by atoms with E-state index in [1.165, 1.54) is 14.2 Å². The number of alkyl carbamates (subject to hydrolysis) is 2. The van der Waals surface area contributed by atoms with Crippen LogP contribution in [0, 0.1) is 23.7 Å². The summed E-state index contributed by atoms with van der Waals surface area (Å²) in [6.45, 7) is 2.21. The molecule has 5 aromatic rings. The van der Waals surface area contributed by atoms with Gasteiger partial charge in [0.15, 0.2) is 0 Å². The summed E-state index contributed by atoms with van der Waals surface area (Å²) in [5.74, 6) is 1.91. The summed E-state index contributed by atoms with van der Waals surface area (Å²) < 4.78 is 21.0. The number of likely N-dealkylation sites (tertiary alicyclic amines) is 2. The molecule has 11 rings (SSSR count). The molecule has 6 fully saturated rings. The van der Waals surface area contributed by atoms with Crippen molar-refractivity contribution in [3.8, 4) is 22.4 Å². The Balaban J connectivity index is 0.816. The van der Waals surface area contributed by atoms with E-state index < -0.39 is 24.3 Å². The number of methoxy groups -OCH3 is 2. The van der Waals surface area contributed by atoms with Crippen molar-refractivity contribution in [3.05, 3.63) is 71.4 Å². The van der Waals surface area contributed by atoms with Gasteiger partial charge in [0.25, 0.3) is 0 Å². The molecule has 0 unspecified atom stereocenters. The topological polar surface area (TPSA) is 193 Å². The van der Waals surface area contributed by atoms with Crippen molar-refractivity contribution in [2.45, 2.75) is 87.6 Å². The zero-order valence-corrected chi connectivity index (χ0v) is 37.1. The van der Waals surface area contributed by atoms with Gasteiger partial charge >= 0.3 is 12.2 Å². The molecule has 2 saturated carbocycles. The Bertz CT molecular complexity index is 2680. The molecule has 4 saturated heterocycles. The number of benzene rings is 3. The van der Waals surface area contributed by atoms with Crippen LogP contribution in [0.25, 0.3) is 44.2 Å². The molecule has 0 radical (unpaired) electrons. The Morgan fingerprint density at radius 1 is 0.662 bits per heavy atom. The number of imidazole rings is 2. The van der Waals surface area contributed by atoms with E-state index in [0.29, 0.717) is 80.6 Å². The molecule has 0 bridgehead atoms. The quantitative estimate of drug-likeness (QED) is 0.113. The monoisotopic (exact) mass is 904 g/mol. The number of aromatic nitrogens is 4. The number of carbonyl (C=O) groups excluding carboxylic acids is 4. The lowest BCUT2D eigenvalue weighted by Gasteiger charge is -2.35. The summed E-state index contributed by atoms with van der Waals surface area (Å²) in [5.41, 5.74) is 5.25. The average molecular weight is 905 g/mol. The Hall–Kier alpha value is -5.71. The number of halogens is 1. The van der Waals surface area contributed by atoms with E-state index in [2.05, 4.69) is 63.1 Å². The van der Waals surface area contributed by atoms with Gasteiger partial charge in [-0.15, -0.1) is 0 Å². The standard InChI is InChI=1S/C48H53ClN8O8/c1-62-47(60)53-40(24-9-13-64-14-10-24)45(58)56-35-20-31(35)22-37(56)43-50-33-8-7-29(19-34(33)51-43)27-3-4-28-18-30(6-5-26(28)17-27)39-42(49)55-44(52-39)38-23-32-21-36(32)57(38)46(59)41(54-48(61)63-2)25-11-15-65-16-12-25/h3-8,17-19,24-25,31-32,35-38,40-41H,9-16,20-23H2,1-2H3,(H,50,51)(H,52,55)(H,53,60)(H,54,61)/t31-,32-,35-,36-,37+,38+,40+,41+/m1/s1. The molecule has 6 aliphatic rings. The van der Waals surface area contributed by atoms with E-state index in [1.54, 1.807) is 0 Å². The molecule has 6 heterocycles. The normalized spacial score (nSPS) is 26.1. The predicted molar refractivity (Wildman–Crippen MR) is 240 cm³/mol. The molecule has 2 aliphatic carbocycles. The smallest absolute Gasteiger partial charge is 0.407 e. The number of fused-ring (bicyclic) bond motifs is 4. The first-order chi connectivity index (χ1) is 31.6. The number of rotatable bonds is 10. The van der Waals surface area contributed by atoms with E-state index in [1.807, 2.05) is 21.9 Å². The summed E-state index contributed by atoms with van der Waals surface area (Å²) in [5, 5.41) is 8.19. The Kier molecular flexibility index (Phi) is 10.9. The maximum atomic E-state index is 14.3. The lowest BCUT2D eigenvalue weighted by Crippen LogP contribution is -2.54. The predicted octanol–water partition coefficient (Wildman–Crippen LogP) is 7.05. The molecule has 340 valence electrons. The molecule has 17 heteroatoms. The second kappa shape index (κ2) is 16.9. The van der Waals surface area contributed by atoms with Crippen LogP contribution in [0.15, 0.2) is 54.6 Å².